The SMILES string of the molecule is CC(C)Oc1ccc(C(NC(=O)Nc2ccc(OC(F)(F)F)cc2)c2ccc(C(=O)NCCC(=O)O)cc2)cc1. The van der Waals surface area contributed by atoms with Crippen molar-refractivity contribution in [2.24, 2.45) is 0 Å². The average Bonchev–Trinajstić information content (AvgIpc) is 2.88. The largest absolute Gasteiger partial charge is 0.573 e. The van der Waals surface area contributed by atoms with Crippen LogP contribution >= 0.6 is 0 Å². The van der Waals surface area contributed by atoms with E-state index in [1.165, 1.54) is 12.1 Å². The summed E-state index contributed by atoms with van der Waals surface area (Å²) in [5.74, 6) is -1.26. The number of aliphatic carboxylic acids is 1. The van der Waals surface area contributed by atoms with E-state index in [2.05, 4.69) is 20.7 Å². The van der Waals surface area contributed by atoms with Gasteiger partial charge in [-0.05, 0) is 73.5 Å². The second kappa shape index (κ2) is 13.4. The predicted octanol–water partition coefficient (Wildman–Crippen LogP) is 5.49. The summed E-state index contributed by atoms with van der Waals surface area (Å²) in [5.41, 5.74) is 1.86. The molecule has 0 aromatic heterocycles. The number of carbonyl (C=O) groups excluding carboxylic acids is 2. The van der Waals surface area contributed by atoms with Crippen LogP contribution in [-0.2, 0) is 4.79 Å². The minimum Gasteiger partial charge on any atom is -0.491 e. The third-order valence-corrected chi connectivity index (χ3v) is 5.34. The second-order valence-electron chi connectivity index (χ2n) is 8.86. The average molecular weight is 560 g/mol. The normalized spacial score (nSPS) is 11.8. The summed E-state index contributed by atoms with van der Waals surface area (Å²) < 4.78 is 46.7. The Kier molecular flexibility index (Phi) is 9.96. The molecule has 0 bridgehead atoms. The fourth-order valence-corrected chi connectivity index (χ4v) is 3.62. The monoisotopic (exact) mass is 559 g/mol. The fraction of sp³-hybridized carbons (Fsp3) is 0.250. The number of amides is 3. The second-order valence-corrected chi connectivity index (χ2v) is 8.86. The highest BCUT2D eigenvalue weighted by atomic mass is 19.4. The zero-order valence-corrected chi connectivity index (χ0v) is 21.6. The van der Waals surface area contributed by atoms with Crippen molar-refractivity contribution in [1.29, 1.82) is 0 Å². The maximum Gasteiger partial charge on any atom is 0.573 e. The Morgan fingerprint density at radius 1 is 0.850 bits per heavy atom. The smallest absolute Gasteiger partial charge is 0.491 e. The molecule has 1 unspecified atom stereocenters. The van der Waals surface area contributed by atoms with Crippen molar-refractivity contribution in [3.8, 4) is 11.5 Å². The topological polar surface area (TPSA) is 126 Å². The molecular formula is C28H28F3N3O6. The first-order valence-electron chi connectivity index (χ1n) is 12.2. The van der Waals surface area contributed by atoms with Crippen molar-refractivity contribution < 1.29 is 42.1 Å². The summed E-state index contributed by atoms with van der Waals surface area (Å²) in [6, 6.07) is 16.9. The van der Waals surface area contributed by atoms with Crippen LogP contribution in [0.4, 0.5) is 23.7 Å². The van der Waals surface area contributed by atoms with Crippen LogP contribution in [0.3, 0.4) is 0 Å². The van der Waals surface area contributed by atoms with Crippen molar-refractivity contribution in [1.82, 2.24) is 10.6 Å². The van der Waals surface area contributed by atoms with Gasteiger partial charge in [-0.1, -0.05) is 24.3 Å². The van der Waals surface area contributed by atoms with Crippen LogP contribution in [0.25, 0.3) is 0 Å². The van der Waals surface area contributed by atoms with Crippen LogP contribution in [0, 0.1) is 0 Å². The molecule has 0 radical (unpaired) electrons. The molecule has 0 aliphatic carbocycles. The van der Waals surface area contributed by atoms with Gasteiger partial charge < -0.3 is 30.5 Å². The first kappa shape index (κ1) is 29.8. The minimum absolute atomic E-state index is 0.0195. The summed E-state index contributed by atoms with van der Waals surface area (Å²) >= 11 is 0. The van der Waals surface area contributed by atoms with Crippen LogP contribution in [0.5, 0.6) is 11.5 Å². The van der Waals surface area contributed by atoms with E-state index in [0.29, 0.717) is 22.4 Å². The van der Waals surface area contributed by atoms with Crippen LogP contribution in [-0.4, -0.2) is 42.0 Å². The molecule has 4 N–H and O–H groups in total. The van der Waals surface area contributed by atoms with Gasteiger partial charge in [-0.15, -0.1) is 13.2 Å². The van der Waals surface area contributed by atoms with Crippen molar-refractivity contribution in [3.63, 3.8) is 0 Å². The van der Waals surface area contributed by atoms with Gasteiger partial charge in [0.05, 0.1) is 18.6 Å². The van der Waals surface area contributed by atoms with E-state index in [4.69, 9.17) is 9.84 Å². The number of alkyl halides is 3. The lowest BCUT2D eigenvalue weighted by atomic mass is 9.97. The highest BCUT2D eigenvalue weighted by Gasteiger charge is 2.31. The van der Waals surface area contributed by atoms with E-state index in [9.17, 15) is 27.6 Å². The van der Waals surface area contributed by atoms with Crippen molar-refractivity contribution >= 4 is 23.6 Å². The fourth-order valence-electron chi connectivity index (χ4n) is 3.62. The van der Waals surface area contributed by atoms with E-state index in [1.807, 2.05) is 13.8 Å². The Hall–Kier alpha value is -4.74. The number of hydrogen-bond donors (Lipinski definition) is 4. The zero-order valence-electron chi connectivity index (χ0n) is 21.6. The highest BCUT2D eigenvalue weighted by molar-refractivity contribution is 5.94. The summed E-state index contributed by atoms with van der Waals surface area (Å²) in [5, 5.41) is 16.7. The molecule has 3 aromatic rings. The lowest BCUT2D eigenvalue weighted by Crippen LogP contribution is -2.33. The van der Waals surface area contributed by atoms with Crippen molar-refractivity contribution in [3.05, 3.63) is 89.5 Å². The Balaban J connectivity index is 1.78. The number of carboxylic acids is 1. The molecule has 12 heteroatoms. The lowest BCUT2D eigenvalue weighted by molar-refractivity contribution is -0.274. The summed E-state index contributed by atoms with van der Waals surface area (Å²) in [6.45, 7) is 3.77. The van der Waals surface area contributed by atoms with Crippen LogP contribution < -0.4 is 25.4 Å². The van der Waals surface area contributed by atoms with Crippen molar-refractivity contribution in [2.75, 3.05) is 11.9 Å². The van der Waals surface area contributed by atoms with Gasteiger partial charge >= 0.3 is 18.4 Å². The molecular weight excluding hydrogens is 531 g/mol. The highest BCUT2D eigenvalue weighted by Crippen LogP contribution is 2.27. The number of halogens is 3. The van der Waals surface area contributed by atoms with E-state index in [0.717, 1.165) is 12.1 Å². The summed E-state index contributed by atoms with van der Waals surface area (Å²) in [7, 11) is 0. The Bertz CT molecular complexity index is 1290. The zero-order chi connectivity index (χ0) is 29.3. The number of rotatable bonds is 11. The van der Waals surface area contributed by atoms with Gasteiger partial charge in [0, 0.05) is 17.8 Å². The minimum atomic E-state index is -4.83. The summed E-state index contributed by atoms with van der Waals surface area (Å²) in [6.07, 6.45) is -5.07. The quantitative estimate of drug-likeness (QED) is 0.246. The molecule has 3 aromatic carbocycles. The van der Waals surface area contributed by atoms with Gasteiger partial charge in [-0.2, -0.15) is 0 Å². The van der Waals surface area contributed by atoms with Gasteiger partial charge in [0.2, 0.25) is 0 Å². The van der Waals surface area contributed by atoms with Gasteiger partial charge in [0.25, 0.3) is 5.91 Å². The van der Waals surface area contributed by atoms with E-state index in [-0.39, 0.29) is 24.8 Å². The van der Waals surface area contributed by atoms with E-state index >= 15 is 0 Å². The molecule has 9 nitrogen and oxygen atoms in total. The lowest BCUT2D eigenvalue weighted by Gasteiger charge is -2.21. The first-order chi connectivity index (χ1) is 18.9. The Labute approximate surface area is 228 Å². The maximum atomic E-state index is 12.9. The van der Waals surface area contributed by atoms with Gasteiger partial charge in [-0.3, -0.25) is 9.59 Å². The third kappa shape index (κ3) is 9.53. The Morgan fingerprint density at radius 2 is 1.40 bits per heavy atom. The molecule has 3 rings (SSSR count). The van der Waals surface area contributed by atoms with Crippen LogP contribution in [0.15, 0.2) is 72.8 Å². The number of anilines is 1. The molecule has 0 saturated carbocycles. The Morgan fingerprint density at radius 3 is 1.93 bits per heavy atom. The number of urea groups is 1. The molecule has 1 atom stereocenters. The van der Waals surface area contributed by atoms with Gasteiger partial charge in [0.1, 0.15) is 11.5 Å². The molecule has 0 fully saturated rings. The molecule has 0 spiro atoms. The number of hydrogen-bond acceptors (Lipinski definition) is 5. The maximum absolute atomic E-state index is 12.9. The number of ether oxygens (including phenoxy) is 2. The van der Waals surface area contributed by atoms with Gasteiger partial charge in [0.15, 0.2) is 0 Å². The molecule has 0 heterocycles. The standard InChI is InChI=1S/C28H28F3N3O6/c1-17(2)39-22-11-7-19(8-12-22)25(18-3-5-20(6-4-18)26(37)32-16-15-24(35)36)34-27(38)33-21-9-13-23(14-10-21)40-28(29,30)31/h3-14,17,25H,15-16H2,1-2H3,(H,32,37)(H,35,36)(H2,33,34,38). The van der Waals surface area contributed by atoms with E-state index < -0.39 is 36.1 Å². The number of carboxylic acid groups (broad SMARTS) is 1. The summed E-state index contributed by atoms with van der Waals surface area (Å²) in [4.78, 5) is 35.9. The van der Waals surface area contributed by atoms with E-state index in [1.54, 1.807) is 48.5 Å². The predicted molar refractivity (Wildman–Crippen MR) is 140 cm³/mol. The molecule has 212 valence electrons. The van der Waals surface area contributed by atoms with Gasteiger partial charge in [-0.25, -0.2) is 4.79 Å². The van der Waals surface area contributed by atoms with Crippen LogP contribution in [0.2, 0.25) is 0 Å². The number of benzene rings is 3. The molecule has 0 aliphatic heterocycles. The van der Waals surface area contributed by atoms with Crippen LogP contribution in [0.1, 0.15) is 47.8 Å². The molecule has 3 amide bonds. The molecule has 0 saturated heterocycles. The first-order valence-corrected chi connectivity index (χ1v) is 12.2. The number of nitrogens with one attached hydrogen (secondary N) is 3. The van der Waals surface area contributed by atoms with Crippen molar-refractivity contribution in [2.45, 2.75) is 38.8 Å². The molecule has 0 aliphatic rings. The molecule has 40 heavy (non-hydrogen) atoms. The number of carbonyl (C=O) groups is 3. The third-order valence-electron chi connectivity index (χ3n) is 5.34.